The molecule has 0 saturated heterocycles. The van der Waals surface area contributed by atoms with Gasteiger partial charge in [0.1, 0.15) is 5.75 Å². The summed E-state index contributed by atoms with van der Waals surface area (Å²) < 4.78 is 7.22. The van der Waals surface area contributed by atoms with E-state index in [9.17, 15) is 4.79 Å². The zero-order valence-electron chi connectivity index (χ0n) is 14.0. The van der Waals surface area contributed by atoms with Crippen molar-refractivity contribution < 1.29 is 14.6 Å². The Kier molecular flexibility index (Phi) is 4.37. The lowest BCUT2D eigenvalue weighted by atomic mass is 9.89. The number of nitrogens with zero attached hydrogens (tertiary/aromatic N) is 3. The number of hydrogen-bond acceptors (Lipinski definition) is 5. The maximum absolute atomic E-state index is 10.9. The number of ether oxygens (including phenoxy) is 1. The summed E-state index contributed by atoms with van der Waals surface area (Å²) in [6, 6.07) is 13.8. The van der Waals surface area contributed by atoms with Gasteiger partial charge in [-0.3, -0.25) is 0 Å². The summed E-state index contributed by atoms with van der Waals surface area (Å²) in [5.74, 6) is -0.459. The molecule has 0 amide bonds. The van der Waals surface area contributed by atoms with Gasteiger partial charge in [-0.2, -0.15) is 0 Å². The number of benzene rings is 2. The Morgan fingerprint density at radius 2 is 2.15 bits per heavy atom. The van der Waals surface area contributed by atoms with Crippen molar-refractivity contribution in [2.75, 3.05) is 13.2 Å². The normalized spacial score (nSPS) is 16.1. The summed E-state index contributed by atoms with van der Waals surface area (Å²) in [5.41, 5.74) is 4.18. The van der Waals surface area contributed by atoms with Crippen molar-refractivity contribution in [3.63, 3.8) is 0 Å². The molecule has 1 aromatic heterocycles. The van der Waals surface area contributed by atoms with E-state index in [2.05, 4.69) is 27.8 Å². The fourth-order valence-electron chi connectivity index (χ4n) is 3.30. The largest absolute Gasteiger partial charge is 0.482 e. The second-order valence-corrected chi connectivity index (χ2v) is 6.09. The lowest BCUT2D eigenvalue weighted by Crippen LogP contribution is -2.31. The fraction of sp³-hybridized carbons (Fsp3) is 0.211. The number of hydrogen-bond donors (Lipinski definition) is 2. The molecule has 0 bridgehead atoms. The van der Waals surface area contributed by atoms with Crippen molar-refractivity contribution >= 4 is 5.97 Å². The summed E-state index contributed by atoms with van der Waals surface area (Å²) in [4.78, 5) is 10.9. The smallest absolute Gasteiger partial charge is 0.341 e. The predicted molar refractivity (Wildman–Crippen MR) is 94.5 cm³/mol. The van der Waals surface area contributed by atoms with Crippen molar-refractivity contribution in [1.82, 2.24) is 20.3 Å². The molecule has 0 aliphatic carbocycles. The lowest BCUT2D eigenvalue weighted by molar-refractivity contribution is -0.139. The number of carboxylic acid groups (broad SMARTS) is 1. The van der Waals surface area contributed by atoms with Gasteiger partial charge in [0.25, 0.3) is 0 Å². The summed E-state index contributed by atoms with van der Waals surface area (Å²) in [5, 5.41) is 20.4. The van der Waals surface area contributed by atoms with E-state index in [4.69, 9.17) is 9.84 Å². The van der Waals surface area contributed by atoms with Gasteiger partial charge in [-0.15, -0.1) is 5.10 Å². The first-order chi connectivity index (χ1) is 12.7. The number of carboxylic acids is 1. The topological polar surface area (TPSA) is 89.3 Å². The number of aliphatic carboxylic acids is 1. The van der Waals surface area contributed by atoms with E-state index in [1.807, 2.05) is 24.3 Å². The van der Waals surface area contributed by atoms with E-state index in [1.165, 1.54) is 11.1 Å². The standard InChI is InChI=1S/C19H18N4O3/c24-18(25)12-26-17-6-5-14(23-10-9-21-22-23)11-16(17)19-15-4-2-1-3-13(15)7-8-20-19/h1-6,9-11,19-20H,7-8,12H2,(H,24,25). The molecule has 0 radical (unpaired) electrons. The second-order valence-electron chi connectivity index (χ2n) is 6.09. The molecular weight excluding hydrogens is 332 g/mol. The molecule has 0 fully saturated rings. The molecule has 4 rings (SSSR count). The summed E-state index contributed by atoms with van der Waals surface area (Å²) in [6.45, 7) is 0.456. The molecule has 1 aliphatic rings. The highest BCUT2D eigenvalue weighted by Gasteiger charge is 2.24. The maximum atomic E-state index is 10.9. The van der Waals surface area contributed by atoms with E-state index in [-0.39, 0.29) is 12.6 Å². The average Bonchev–Trinajstić information content (AvgIpc) is 3.20. The molecule has 0 spiro atoms. The Bertz CT molecular complexity index is 924. The van der Waals surface area contributed by atoms with Crippen LogP contribution in [0, 0.1) is 0 Å². The van der Waals surface area contributed by atoms with Crippen LogP contribution in [0.2, 0.25) is 0 Å². The fourth-order valence-corrected chi connectivity index (χ4v) is 3.30. The minimum atomic E-state index is -1.01. The van der Waals surface area contributed by atoms with Crippen LogP contribution in [0.4, 0.5) is 0 Å². The minimum absolute atomic E-state index is 0.0767. The molecule has 3 aromatic rings. The van der Waals surface area contributed by atoms with E-state index in [1.54, 1.807) is 23.1 Å². The number of nitrogens with one attached hydrogen (secondary N) is 1. The van der Waals surface area contributed by atoms with Gasteiger partial charge in [0.05, 0.1) is 24.1 Å². The number of rotatable bonds is 5. The lowest BCUT2D eigenvalue weighted by Gasteiger charge is -2.29. The maximum Gasteiger partial charge on any atom is 0.341 e. The number of carbonyl (C=O) groups is 1. The Labute approximate surface area is 150 Å². The summed E-state index contributed by atoms with van der Waals surface area (Å²) in [7, 11) is 0. The van der Waals surface area contributed by atoms with Crippen LogP contribution in [0.1, 0.15) is 22.7 Å². The van der Waals surface area contributed by atoms with Gasteiger partial charge in [0.15, 0.2) is 6.61 Å². The van der Waals surface area contributed by atoms with E-state index >= 15 is 0 Å². The Hall–Kier alpha value is -3.19. The predicted octanol–water partition coefficient (Wildman–Crippen LogP) is 1.97. The first kappa shape index (κ1) is 16.3. The minimum Gasteiger partial charge on any atom is -0.482 e. The highest BCUT2D eigenvalue weighted by Crippen LogP contribution is 2.35. The highest BCUT2D eigenvalue weighted by atomic mass is 16.5. The molecule has 2 heterocycles. The SMILES string of the molecule is O=C(O)COc1ccc(-n2ccnn2)cc1C1NCCc2ccccc21. The Balaban J connectivity index is 1.79. The molecule has 2 N–H and O–H groups in total. The van der Waals surface area contributed by atoms with Crippen LogP contribution in [0.25, 0.3) is 5.69 Å². The van der Waals surface area contributed by atoms with Crippen LogP contribution in [0.3, 0.4) is 0 Å². The average molecular weight is 350 g/mol. The van der Waals surface area contributed by atoms with Gasteiger partial charge in [0.2, 0.25) is 0 Å². The van der Waals surface area contributed by atoms with Gasteiger partial charge in [-0.05, 0) is 35.7 Å². The van der Waals surface area contributed by atoms with Crippen LogP contribution in [0.15, 0.2) is 54.9 Å². The molecule has 2 aromatic carbocycles. The van der Waals surface area contributed by atoms with E-state index < -0.39 is 5.97 Å². The third-order valence-corrected chi connectivity index (χ3v) is 4.45. The van der Waals surface area contributed by atoms with Gasteiger partial charge >= 0.3 is 5.97 Å². The molecule has 1 atom stereocenters. The zero-order valence-corrected chi connectivity index (χ0v) is 14.0. The third-order valence-electron chi connectivity index (χ3n) is 4.45. The van der Waals surface area contributed by atoms with Crippen LogP contribution < -0.4 is 10.1 Å². The van der Waals surface area contributed by atoms with Crippen molar-refractivity contribution in [2.45, 2.75) is 12.5 Å². The second kappa shape index (κ2) is 6.97. The van der Waals surface area contributed by atoms with Crippen LogP contribution in [-0.2, 0) is 11.2 Å². The van der Waals surface area contributed by atoms with E-state index in [0.29, 0.717) is 5.75 Å². The van der Waals surface area contributed by atoms with Crippen molar-refractivity contribution in [3.05, 3.63) is 71.5 Å². The summed E-state index contributed by atoms with van der Waals surface area (Å²) in [6.07, 6.45) is 4.34. The molecule has 1 aliphatic heterocycles. The monoisotopic (exact) mass is 350 g/mol. The van der Waals surface area contributed by atoms with Gasteiger partial charge in [0, 0.05) is 12.1 Å². The molecule has 7 heteroatoms. The molecule has 0 saturated carbocycles. The van der Waals surface area contributed by atoms with Crippen LogP contribution in [-0.4, -0.2) is 39.2 Å². The Morgan fingerprint density at radius 3 is 2.96 bits per heavy atom. The third kappa shape index (κ3) is 3.16. The van der Waals surface area contributed by atoms with Crippen LogP contribution >= 0.6 is 0 Å². The Morgan fingerprint density at radius 1 is 1.27 bits per heavy atom. The number of aromatic nitrogens is 3. The van der Waals surface area contributed by atoms with Crippen molar-refractivity contribution in [2.24, 2.45) is 0 Å². The highest BCUT2D eigenvalue weighted by molar-refractivity contribution is 5.68. The van der Waals surface area contributed by atoms with Gasteiger partial charge in [-0.25, -0.2) is 9.48 Å². The number of fused-ring (bicyclic) bond motifs is 1. The first-order valence-corrected chi connectivity index (χ1v) is 8.39. The molecule has 26 heavy (non-hydrogen) atoms. The van der Waals surface area contributed by atoms with Gasteiger partial charge in [-0.1, -0.05) is 29.5 Å². The molecular formula is C19H18N4O3. The quantitative estimate of drug-likeness (QED) is 0.731. The molecule has 1 unspecified atom stereocenters. The van der Waals surface area contributed by atoms with Crippen LogP contribution in [0.5, 0.6) is 5.75 Å². The van der Waals surface area contributed by atoms with Crippen molar-refractivity contribution in [1.29, 1.82) is 0 Å². The van der Waals surface area contributed by atoms with E-state index in [0.717, 1.165) is 24.2 Å². The van der Waals surface area contributed by atoms with Gasteiger partial charge < -0.3 is 15.2 Å². The first-order valence-electron chi connectivity index (χ1n) is 8.39. The van der Waals surface area contributed by atoms with Crippen molar-refractivity contribution in [3.8, 4) is 11.4 Å². The zero-order chi connectivity index (χ0) is 17.9. The molecule has 7 nitrogen and oxygen atoms in total. The summed E-state index contributed by atoms with van der Waals surface area (Å²) >= 11 is 0. The molecule has 132 valence electrons.